The molecule has 0 aliphatic rings. The molecule has 0 radical (unpaired) electrons. The van der Waals surface area contributed by atoms with Crippen LogP contribution in [0.15, 0.2) is 34.1 Å². The monoisotopic (exact) mass is 306 g/mol. The lowest BCUT2D eigenvalue weighted by atomic mass is 10.1. The summed E-state index contributed by atoms with van der Waals surface area (Å²) in [5.41, 5.74) is 2.89. The number of aryl methyl sites for hydroxylation is 1. The van der Waals surface area contributed by atoms with Crippen LogP contribution in [0.4, 0.5) is 0 Å². The largest absolute Gasteiger partial charge is 0.444 e. The SMILES string of the molecule is Cc1csc(C(C)NCc2c(Cl)oc3ccccc23)n1. The van der Waals surface area contributed by atoms with E-state index < -0.39 is 0 Å². The fourth-order valence-corrected chi connectivity index (χ4v) is 3.23. The van der Waals surface area contributed by atoms with Crippen molar-refractivity contribution in [1.29, 1.82) is 0 Å². The van der Waals surface area contributed by atoms with Gasteiger partial charge in [-0.3, -0.25) is 0 Å². The second-order valence-corrected chi connectivity index (χ2v) is 6.01. The number of aromatic nitrogens is 1. The van der Waals surface area contributed by atoms with Gasteiger partial charge in [-0.2, -0.15) is 0 Å². The standard InChI is InChI=1S/C15H15ClN2OS/c1-9-8-20-15(18-9)10(2)17-7-12-11-5-3-4-6-13(11)19-14(12)16/h3-6,8,10,17H,7H2,1-2H3. The zero-order valence-corrected chi connectivity index (χ0v) is 12.9. The van der Waals surface area contributed by atoms with Crippen LogP contribution in [0.2, 0.25) is 5.22 Å². The number of fused-ring (bicyclic) bond motifs is 1. The molecule has 2 aromatic heterocycles. The predicted octanol–water partition coefficient (Wildman–Crippen LogP) is 4.70. The molecule has 1 aromatic carbocycles. The lowest BCUT2D eigenvalue weighted by Crippen LogP contribution is -2.18. The topological polar surface area (TPSA) is 38.1 Å². The molecule has 1 N–H and O–H groups in total. The van der Waals surface area contributed by atoms with Gasteiger partial charge >= 0.3 is 0 Å². The van der Waals surface area contributed by atoms with Crippen LogP contribution in [0.1, 0.15) is 29.2 Å². The number of hydrogen-bond donors (Lipinski definition) is 1. The van der Waals surface area contributed by atoms with Gasteiger partial charge in [0.2, 0.25) is 0 Å². The summed E-state index contributed by atoms with van der Waals surface area (Å²) in [5.74, 6) is 0. The van der Waals surface area contributed by atoms with Crippen LogP contribution < -0.4 is 5.32 Å². The minimum absolute atomic E-state index is 0.193. The van der Waals surface area contributed by atoms with E-state index in [9.17, 15) is 0 Å². The third kappa shape index (κ3) is 2.59. The minimum Gasteiger partial charge on any atom is -0.444 e. The van der Waals surface area contributed by atoms with E-state index in [0.717, 1.165) is 27.2 Å². The van der Waals surface area contributed by atoms with E-state index in [-0.39, 0.29) is 6.04 Å². The molecule has 3 rings (SSSR count). The maximum absolute atomic E-state index is 6.18. The Balaban J connectivity index is 1.78. The molecule has 0 spiro atoms. The fraction of sp³-hybridized carbons (Fsp3) is 0.267. The van der Waals surface area contributed by atoms with Gasteiger partial charge in [-0.15, -0.1) is 11.3 Å². The molecular formula is C15H15ClN2OS. The smallest absolute Gasteiger partial charge is 0.199 e. The van der Waals surface area contributed by atoms with Gasteiger partial charge in [0.25, 0.3) is 0 Å². The predicted molar refractivity (Wildman–Crippen MR) is 83.3 cm³/mol. The normalized spacial score (nSPS) is 12.9. The number of benzene rings is 1. The molecule has 0 aliphatic carbocycles. The van der Waals surface area contributed by atoms with Crippen LogP contribution >= 0.6 is 22.9 Å². The Morgan fingerprint density at radius 1 is 1.40 bits per heavy atom. The van der Waals surface area contributed by atoms with Crippen molar-refractivity contribution in [2.24, 2.45) is 0 Å². The quantitative estimate of drug-likeness (QED) is 0.759. The molecule has 5 heteroatoms. The first kappa shape index (κ1) is 13.6. The molecule has 20 heavy (non-hydrogen) atoms. The van der Waals surface area contributed by atoms with Crippen LogP contribution in [-0.4, -0.2) is 4.98 Å². The Kier molecular flexibility index (Phi) is 3.78. The zero-order valence-electron chi connectivity index (χ0n) is 11.3. The van der Waals surface area contributed by atoms with Gasteiger partial charge in [0.05, 0.1) is 6.04 Å². The summed E-state index contributed by atoms with van der Waals surface area (Å²) in [5, 5.41) is 8.13. The molecule has 1 unspecified atom stereocenters. The Bertz CT molecular complexity index is 734. The molecule has 0 amide bonds. The number of thiazole rings is 1. The van der Waals surface area contributed by atoms with Crippen molar-refractivity contribution in [3.63, 3.8) is 0 Å². The van der Waals surface area contributed by atoms with E-state index >= 15 is 0 Å². The molecule has 2 heterocycles. The van der Waals surface area contributed by atoms with Crippen LogP contribution in [0, 0.1) is 6.92 Å². The van der Waals surface area contributed by atoms with Gasteiger partial charge in [0, 0.05) is 28.6 Å². The zero-order chi connectivity index (χ0) is 14.1. The molecule has 104 valence electrons. The van der Waals surface area contributed by atoms with Gasteiger partial charge in [-0.1, -0.05) is 18.2 Å². The van der Waals surface area contributed by atoms with Gasteiger partial charge in [0.1, 0.15) is 10.6 Å². The first-order valence-electron chi connectivity index (χ1n) is 6.46. The summed E-state index contributed by atoms with van der Waals surface area (Å²) in [6, 6.07) is 8.09. The first-order chi connectivity index (χ1) is 9.65. The Hall–Kier alpha value is -1.36. The van der Waals surface area contributed by atoms with E-state index in [1.165, 1.54) is 0 Å². The molecule has 3 aromatic rings. The fourth-order valence-electron chi connectivity index (χ4n) is 2.15. The highest BCUT2D eigenvalue weighted by Gasteiger charge is 2.14. The number of nitrogens with zero attached hydrogens (tertiary/aromatic N) is 1. The van der Waals surface area contributed by atoms with Gasteiger partial charge < -0.3 is 9.73 Å². The highest BCUT2D eigenvalue weighted by Crippen LogP contribution is 2.30. The Morgan fingerprint density at radius 3 is 2.95 bits per heavy atom. The molecule has 0 saturated heterocycles. The number of rotatable bonds is 4. The highest BCUT2D eigenvalue weighted by atomic mass is 35.5. The van der Waals surface area contributed by atoms with Crippen LogP contribution in [0.25, 0.3) is 11.0 Å². The summed E-state index contributed by atoms with van der Waals surface area (Å²) < 4.78 is 5.55. The Morgan fingerprint density at radius 2 is 2.20 bits per heavy atom. The second kappa shape index (κ2) is 5.56. The van der Waals surface area contributed by atoms with E-state index in [2.05, 4.69) is 22.6 Å². The van der Waals surface area contributed by atoms with Crippen LogP contribution in [0.5, 0.6) is 0 Å². The number of furan rings is 1. The van der Waals surface area contributed by atoms with Crippen molar-refractivity contribution in [3.8, 4) is 0 Å². The number of nitrogens with one attached hydrogen (secondary N) is 1. The van der Waals surface area contributed by atoms with Crippen molar-refractivity contribution >= 4 is 33.9 Å². The van der Waals surface area contributed by atoms with E-state index in [0.29, 0.717) is 11.8 Å². The highest BCUT2D eigenvalue weighted by molar-refractivity contribution is 7.09. The molecule has 0 fully saturated rings. The van der Waals surface area contributed by atoms with Gasteiger partial charge in [0.15, 0.2) is 5.22 Å². The van der Waals surface area contributed by atoms with Gasteiger partial charge in [-0.25, -0.2) is 4.98 Å². The van der Waals surface area contributed by atoms with Crippen molar-refractivity contribution in [2.75, 3.05) is 0 Å². The molecular weight excluding hydrogens is 292 g/mol. The van der Waals surface area contributed by atoms with Crippen LogP contribution in [0.3, 0.4) is 0 Å². The summed E-state index contributed by atoms with van der Waals surface area (Å²) in [7, 11) is 0. The summed E-state index contributed by atoms with van der Waals surface area (Å²) in [6.45, 7) is 4.78. The molecule has 3 nitrogen and oxygen atoms in total. The molecule has 1 atom stereocenters. The summed E-state index contributed by atoms with van der Waals surface area (Å²) in [6.07, 6.45) is 0. The molecule has 0 saturated carbocycles. The maximum Gasteiger partial charge on any atom is 0.199 e. The molecule has 0 aliphatic heterocycles. The lowest BCUT2D eigenvalue weighted by Gasteiger charge is -2.10. The summed E-state index contributed by atoms with van der Waals surface area (Å²) >= 11 is 7.85. The van der Waals surface area contributed by atoms with Gasteiger partial charge in [-0.05, 0) is 31.5 Å². The van der Waals surface area contributed by atoms with E-state index in [4.69, 9.17) is 16.0 Å². The van der Waals surface area contributed by atoms with E-state index in [1.54, 1.807) is 11.3 Å². The Labute approximate surface area is 126 Å². The van der Waals surface area contributed by atoms with Crippen molar-refractivity contribution in [3.05, 3.63) is 51.1 Å². The van der Waals surface area contributed by atoms with Crippen molar-refractivity contribution in [2.45, 2.75) is 26.4 Å². The third-order valence-corrected chi connectivity index (χ3v) is 4.69. The number of para-hydroxylation sites is 1. The van der Waals surface area contributed by atoms with E-state index in [1.807, 2.05) is 31.2 Å². The lowest BCUT2D eigenvalue weighted by molar-refractivity contribution is 0.560. The number of halogens is 1. The van der Waals surface area contributed by atoms with Crippen LogP contribution in [-0.2, 0) is 6.54 Å². The average molecular weight is 307 g/mol. The number of hydrogen-bond acceptors (Lipinski definition) is 4. The molecule has 0 bridgehead atoms. The second-order valence-electron chi connectivity index (χ2n) is 4.78. The maximum atomic E-state index is 6.18. The van der Waals surface area contributed by atoms with Crippen molar-refractivity contribution in [1.82, 2.24) is 10.3 Å². The first-order valence-corrected chi connectivity index (χ1v) is 7.72. The third-order valence-electron chi connectivity index (χ3n) is 3.24. The minimum atomic E-state index is 0.193. The van der Waals surface area contributed by atoms with Crippen molar-refractivity contribution < 1.29 is 4.42 Å². The average Bonchev–Trinajstić information content (AvgIpc) is 2.99. The summed E-state index contributed by atoms with van der Waals surface area (Å²) in [4.78, 5) is 4.49.